The van der Waals surface area contributed by atoms with E-state index in [4.69, 9.17) is 9.47 Å². The van der Waals surface area contributed by atoms with Gasteiger partial charge in [0.05, 0.1) is 29.8 Å². The highest BCUT2D eigenvalue weighted by Crippen LogP contribution is 2.62. The lowest BCUT2D eigenvalue weighted by atomic mass is 9.53. The molecule has 4 aliphatic rings. The van der Waals surface area contributed by atoms with Crippen LogP contribution >= 0.6 is 0 Å². The molecule has 1 saturated carbocycles. The van der Waals surface area contributed by atoms with Crippen LogP contribution in [0.1, 0.15) is 46.5 Å². The van der Waals surface area contributed by atoms with Crippen LogP contribution in [0.25, 0.3) is 0 Å². The third-order valence-electron chi connectivity index (χ3n) is 7.78. The summed E-state index contributed by atoms with van der Waals surface area (Å²) in [5.41, 5.74) is -0.511. The highest BCUT2D eigenvalue weighted by molar-refractivity contribution is 6.13. The average molecular weight is 418 g/mol. The van der Waals surface area contributed by atoms with Crippen LogP contribution in [-0.2, 0) is 19.1 Å². The van der Waals surface area contributed by atoms with Gasteiger partial charge >= 0.3 is 5.97 Å². The van der Waals surface area contributed by atoms with Gasteiger partial charge in [-0.2, -0.15) is 0 Å². The Morgan fingerprint density at radius 1 is 1.23 bits per heavy atom. The SMILES string of the molecule is CC/C=C1/C(=O)OC(COC)C2(C)C1=C(O)C(=O)C1=C2C(O)CC2(C)C(O)CCC12. The van der Waals surface area contributed by atoms with E-state index in [1.165, 1.54) is 7.11 Å². The molecule has 3 N–H and O–H groups in total. The van der Waals surface area contributed by atoms with Gasteiger partial charge in [-0.15, -0.1) is 0 Å². The van der Waals surface area contributed by atoms with Gasteiger partial charge in [0.25, 0.3) is 0 Å². The molecule has 0 aromatic carbocycles. The maximum atomic E-state index is 13.4. The number of carbonyl (C=O) groups is 2. The number of allylic oxidation sites excluding steroid dienone is 2. The van der Waals surface area contributed by atoms with Crippen molar-refractivity contribution in [3.8, 4) is 0 Å². The molecule has 30 heavy (non-hydrogen) atoms. The Morgan fingerprint density at radius 2 is 1.93 bits per heavy atom. The fourth-order valence-electron chi connectivity index (χ4n) is 6.28. The quantitative estimate of drug-likeness (QED) is 0.475. The summed E-state index contributed by atoms with van der Waals surface area (Å²) in [7, 11) is 1.49. The van der Waals surface area contributed by atoms with Crippen molar-refractivity contribution in [2.75, 3.05) is 13.7 Å². The number of rotatable bonds is 3. The van der Waals surface area contributed by atoms with E-state index in [9.17, 15) is 24.9 Å². The number of aliphatic hydroxyl groups is 3. The number of cyclic esters (lactones) is 1. The Hall–Kier alpha value is -1.96. The Bertz CT molecular complexity index is 897. The van der Waals surface area contributed by atoms with Gasteiger partial charge in [-0.1, -0.05) is 19.9 Å². The van der Waals surface area contributed by atoms with E-state index in [0.717, 1.165) is 0 Å². The molecule has 0 aromatic rings. The van der Waals surface area contributed by atoms with Gasteiger partial charge in [-0.3, -0.25) is 4.79 Å². The van der Waals surface area contributed by atoms with E-state index in [2.05, 4.69) is 0 Å². The van der Waals surface area contributed by atoms with E-state index in [-0.39, 0.29) is 23.7 Å². The van der Waals surface area contributed by atoms with Crippen molar-refractivity contribution in [3.05, 3.63) is 34.1 Å². The fraction of sp³-hybridized carbons (Fsp3) is 0.652. The van der Waals surface area contributed by atoms with Crippen LogP contribution in [0.4, 0.5) is 0 Å². The molecule has 164 valence electrons. The first-order valence-corrected chi connectivity index (χ1v) is 10.6. The molecule has 3 aliphatic carbocycles. The van der Waals surface area contributed by atoms with Crippen LogP contribution in [0.3, 0.4) is 0 Å². The number of ketones is 1. The van der Waals surface area contributed by atoms with Crippen molar-refractivity contribution < 1.29 is 34.4 Å². The lowest BCUT2D eigenvalue weighted by molar-refractivity contribution is -0.157. The summed E-state index contributed by atoms with van der Waals surface area (Å²) >= 11 is 0. The van der Waals surface area contributed by atoms with Crippen LogP contribution in [0.15, 0.2) is 34.1 Å². The molecular weight excluding hydrogens is 388 g/mol. The first kappa shape index (κ1) is 21.3. The Morgan fingerprint density at radius 3 is 2.57 bits per heavy atom. The van der Waals surface area contributed by atoms with E-state index in [0.29, 0.717) is 36.8 Å². The molecule has 1 heterocycles. The summed E-state index contributed by atoms with van der Waals surface area (Å²) in [6.07, 6.45) is 1.15. The van der Waals surface area contributed by atoms with Gasteiger partial charge in [0.15, 0.2) is 5.76 Å². The van der Waals surface area contributed by atoms with Crippen LogP contribution in [0, 0.1) is 16.7 Å². The first-order chi connectivity index (χ1) is 14.1. The Balaban J connectivity index is 2.00. The van der Waals surface area contributed by atoms with Crippen molar-refractivity contribution >= 4 is 11.8 Å². The summed E-state index contributed by atoms with van der Waals surface area (Å²) in [5, 5.41) is 33.0. The number of fused-ring (bicyclic) bond motifs is 4. The van der Waals surface area contributed by atoms with Crippen LogP contribution in [-0.4, -0.2) is 59.1 Å². The minimum Gasteiger partial charge on any atom is -0.504 e. The molecule has 0 amide bonds. The van der Waals surface area contributed by atoms with E-state index >= 15 is 0 Å². The number of carbonyl (C=O) groups excluding carboxylic acids is 2. The van der Waals surface area contributed by atoms with Gasteiger partial charge in [0.1, 0.15) is 6.10 Å². The molecule has 0 radical (unpaired) electrons. The first-order valence-electron chi connectivity index (χ1n) is 10.6. The van der Waals surface area contributed by atoms with Crippen molar-refractivity contribution in [1.29, 1.82) is 0 Å². The zero-order valence-corrected chi connectivity index (χ0v) is 17.9. The summed E-state index contributed by atoms with van der Waals surface area (Å²) in [4.78, 5) is 26.2. The fourth-order valence-corrected chi connectivity index (χ4v) is 6.28. The molecule has 0 aromatic heterocycles. The van der Waals surface area contributed by atoms with Crippen molar-refractivity contribution in [2.45, 2.75) is 64.8 Å². The number of esters is 1. The number of hydrogen-bond donors (Lipinski definition) is 3. The largest absolute Gasteiger partial charge is 0.504 e. The lowest BCUT2D eigenvalue weighted by Gasteiger charge is -2.53. The molecule has 1 aliphatic heterocycles. The molecule has 1 saturated heterocycles. The summed E-state index contributed by atoms with van der Waals surface area (Å²) < 4.78 is 11.0. The highest BCUT2D eigenvalue weighted by Gasteiger charge is 2.63. The molecule has 7 nitrogen and oxygen atoms in total. The molecule has 0 bridgehead atoms. The summed E-state index contributed by atoms with van der Waals surface area (Å²) in [6, 6.07) is 0. The molecular formula is C23H30O7. The average Bonchev–Trinajstić information content (AvgIpc) is 2.97. The monoisotopic (exact) mass is 418 g/mol. The minimum atomic E-state index is -1.10. The van der Waals surface area contributed by atoms with Gasteiger partial charge in [-0.25, -0.2) is 4.79 Å². The third kappa shape index (κ3) is 2.55. The number of methoxy groups -OCH3 is 1. The number of hydrogen-bond acceptors (Lipinski definition) is 7. The van der Waals surface area contributed by atoms with E-state index < -0.39 is 46.7 Å². The normalized spacial score (nSPS) is 42.3. The Kier molecular flexibility index (Phi) is 4.99. The summed E-state index contributed by atoms with van der Waals surface area (Å²) in [6.45, 7) is 5.61. The highest BCUT2D eigenvalue weighted by atomic mass is 16.6. The van der Waals surface area contributed by atoms with Gasteiger partial charge in [-0.05, 0) is 44.1 Å². The molecule has 4 rings (SSSR count). The van der Waals surface area contributed by atoms with E-state index in [1.807, 2.05) is 13.8 Å². The Labute approximate surface area is 176 Å². The maximum absolute atomic E-state index is 13.4. The molecule has 2 fully saturated rings. The smallest absolute Gasteiger partial charge is 0.338 e. The maximum Gasteiger partial charge on any atom is 0.338 e. The predicted molar refractivity (Wildman–Crippen MR) is 107 cm³/mol. The van der Waals surface area contributed by atoms with Crippen molar-refractivity contribution in [3.63, 3.8) is 0 Å². The third-order valence-corrected chi connectivity index (χ3v) is 7.78. The van der Waals surface area contributed by atoms with Crippen molar-refractivity contribution in [1.82, 2.24) is 0 Å². The summed E-state index contributed by atoms with van der Waals surface area (Å²) in [5.74, 6) is -1.92. The van der Waals surface area contributed by atoms with Gasteiger partial charge < -0.3 is 24.8 Å². The molecule has 6 unspecified atom stereocenters. The zero-order chi connectivity index (χ0) is 22.0. The predicted octanol–water partition coefficient (Wildman–Crippen LogP) is 2.13. The lowest BCUT2D eigenvalue weighted by Crippen LogP contribution is -2.56. The molecule has 6 atom stereocenters. The van der Waals surface area contributed by atoms with Gasteiger partial charge in [0.2, 0.25) is 5.78 Å². The zero-order valence-electron chi connectivity index (χ0n) is 17.9. The van der Waals surface area contributed by atoms with Crippen molar-refractivity contribution in [2.24, 2.45) is 16.7 Å². The number of ether oxygens (including phenoxy) is 2. The van der Waals surface area contributed by atoms with Gasteiger partial charge in [0, 0.05) is 23.7 Å². The van der Waals surface area contributed by atoms with Crippen LogP contribution in [0.5, 0.6) is 0 Å². The van der Waals surface area contributed by atoms with Crippen LogP contribution in [0.2, 0.25) is 0 Å². The molecule has 7 heteroatoms. The second kappa shape index (κ2) is 7.04. The second-order valence-corrected chi connectivity index (χ2v) is 9.33. The number of Topliss-reactive ketones (excluding diaryl/α,β-unsaturated/α-hetero) is 1. The molecule has 0 spiro atoms. The van der Waals surface area contributed by atoms with E-state index in [1.54, 1.807) is 13.0 Å². The van der Waals surface area contributed by atoms with Crippen LogP contribution < -0.4 is 0 Å². The topological polar surface area (TPSA) is 113 Å². The standard InChI is InChI=1S/C23H30O7/c1-5-6-11-17-20(27)19(26)16-12-7-8-14(25)22(12,2)9-13(24)18(16)23(17,3)15(10-29-4)30-21(11)28/h6,12-15,24-25,27H,5,7-10H2,1-4H3/b11-6+. The number of aliphatic hydroxyl groups excluding tert-OH is 3. The minimum absolute atomic E-state index is 0.0562. The second-order valence-electron chi connectivity index (χ2n) is 9.33.